The van der Waals surface area contributed by atoms with Gasteiger partial charge in [-0.25, -0.2) is 4.98 Å². The van der Waals surface area contributed by atoms with Crippen LogP contribution in [0.1, 0.15) is 40.5 Å². The highest BCUT2D eigenvalue weighted by Crippen LogP contribution is 2.17. The second-order valence-electron chi connectivity index (χ2n) is 5.86. The van der Waals surface area contributed by atoms with Crippen molar-refractivity contribution in [1.29, 1.82) is 5.26 Å². The molecule has 0 saturated heterocycles. The summed E-state index contributed by atoms with van der Waals surface area (Å²) in [4.78, 5) is 31.5. The van der Waals surface area contributed by atoms with Gasteiger partial charge >= 0.3 is 0 Å². The first-order chi connectivity index (χ1) is 13.1. The van der Waals surface area contributed by atoms with E-state index in [0.29, 0.717) is 29.9 Å². The Morgan fingerprint density at radius 1 is 1.15 bits per heavy atom. The summed E-state index contributed by atoms with van der Waals surface area (Å²) in [6, 6.07) is 13.9. The van der Waals surface area contributed by atoms with Crippen molar-refractivity contribution in [2.24, 2.45) is 0 Å². The summed E-state index contributed by atoms with van der Waals surface area (Å²) >= 11 is 0. The number of nitriles is 1. The number of anilines is 1. The van der Waals surface area contributed by atoms with Gasteiger partial charge in [0.05, 0.1) is 17.1 Å². The maximum absolute atomic E-state index is 12.8. The first-order valence-corrected chi connectivity index (χ1v) is 8.66. The van der Waals surface area contributed by atoms with E-state index < -0.39 is 5.91 Å². The van der Waals surface area contributed by atoms with Gasteiger partial charge in [-0.05, 0) is 50.2 Å². The lowest BCUT2D eigenvalue weighted by Crippen LogP contribution is -2.32. The van der Waals surface area contributed by atoms with E-state index in [0.717, 1.165) is 0 Å². The van der Waals surface area contributed by atoms with Crippen LogP contribution in [0.2, 0.25) is 0 Å². The number of amides is 2. The Labute approximate surface area is 156 Å². The Hall–Kier alpha value is -3.66. The summed E-state index contributed by atoms with van der Waals surface area (Å²) in [5.41, 5.74) is 1.79. The highest BCUT2D eigenvalue weighted by molar-refractivity contribution is 6.08. The standard InChI is InChI=1S/C20H19N5O2/c1-3-24(4-2)20(27)18-23-17(16-7-5-6-12-25(16)18)19(26)22-15-10-8-14(13-21)9-11-15/h5-12H,3-4H2,1-2H3,(H,22,26). The van der Waals surface area contributed by atoms with Crippen LogP contribution in [0.5, 0.6) is 0 Å². The van der Waals surface area contributed by atoms with Crippen LogP contribution in [0, 0.1) is 11.3 Å². The maximum Gasteiger partial charge on any atom is 0.290 e. The Balaban J connectivity index is 1.97. The molecule has 0 radical (unpaired) electrons. The minimum Gasteiger partial charge on any atom is -0.337 e. The smallest absolute Gasteiger partial charge is 0.290 e. The number of aromatic nitrogens is 2. The number of benzene rings is 1. The van der Waals surface area contributed by atoms with Crippen LogP contribution in [0.25, 0.3) is 5.52 Å². The van der Waals surface area contributed by atoms with Crippen LogP contribution in [-0.4, -0.2) is 39.2 Å². The van der Waals surface area contributed by atoms with Gasteiger partial charge in [0, 0.05) is 25.0 Å². The lowest BCUT2D eigenvalue weighted by molar-refractivity contribution is 0.0760. The number of nitrogens with one attached hydrogen (secondary N) is 1. The average Bonchev–Trinajstić information content (AvgIpc) is 3.09. The van der Waals surface area contributed by atoms with Crippen molar-refractivity contribution >= 4 is 23.0 Å². The van der Waals surface area contributed by atoms with Crippen molar-refractivity contribution < 1.29 is 9.59 Å². The molecule has 0 spiro atoms. The van der Waals surface area contributed by atoms with E-state index in [4.69, 9.17) is 5.26 Å². The van der Waals surface area contributed by atoms with Gasteiger partial charge in [-0.2, -0.15) is 5.26 Å². The summed E-state index contributed by atoms with van der Waals surface area (Å²) in [6.07, 6.45) is 1.72. The fourth-order valence-corrected chi connectivity index (χ4v) is 2.83. The Kier molecular flexibility index (Phi) is 5.18. The second kappa shape index (κ2) is 7.70. The fraction of sp³-hybridized carbons (Fsp3) is 0.200. The van der Waals surface area contributed by atoms with Crippen LogP contribution >= 0.6 is 0 Å². The summed E-state index contributed by atoms with van der Waals surface area (Å²) in [5.74, 6) is -0.431. The van der Waals surface area contributed by atoms with E-state index in [1.165, 1.54) is 0 Å². The molecule has 136 valence electrons. The second-order valence-corrected chi connectivity index (χ2v) is 5.86. The Bertz CT molecular complexity index is 1030. The van der Waals surface area contributed by atoms with Gasteiger partial charge in [-0.15, -0.1) is 0 Å². The molecule has 3 aromatic rings. The van der Waals surface area contributed by atoms with Crippen LogP contribution in [0.15, 0.2) is 48.7 Å². The van der Waals surface area contributed by atoms with Gasteiger partial charge in [0.2, 0.25) is 5.82 Å². The van der Waals surface area contributed by atoms with E-state index >= 15 is 0 Å². The highest BCUT2D eigenvalue weighted by Gasteiger charge is 2.24. The number of rotatable bonds is 5. The van der Waals surface area contributed by atoms with Crippen molar-refractivity contribution in [3.63, 3.8) is 0 Å². The molecule has 27 heavy (non-hydrogen) atoms. The number of hydrogen-bond donors (Lipinski definition) is 1. The summed E-state index contributed by atoms with van der Waals surface area (Å²) in [6.45, 7) is 4.92. The van der Waals surface area contributed by atoms with Crippen molar-refractivity contribution in [2.45, 2.75) is 13.8 Å². The average molecular weight is 361 g/mol. The van der Waals surface area contributed by atoms with Gasteiger partial charge in [0.1, 0.15) is 0 Å². The largest absolute Gasteiger partial charge is 0.337 e. The third-order valence-electron chi connectivity index (χ3n) is 4.28. The van der Waals surface area contributed by atoms with E-state index in [1.807, 2.05) is 19.9 Å². The van der Waals surface area contributed by atoms with Gasteiger partial charge < -0.3 is 10.2 Å². The molecule has 3 rings (SSSR count). The van der Waals surface area contributed by atoms with E-state index in [-0.39, 0.29) is 17.4 Å². The molecule has 0 saturated carbocycles. The van der Waals surface area contributed by atoms with E-state index in [2.05, 4.69) is 10.3 Å². The first-order valence-electron chi connectivity index (χ1n) is 8.66. The molecule has 2 heterocycles. The minimum absolute atomic E-state index is 0.176. The first kappa shape index (κ1) is 18.1. The number of fused-ring (bicyclic) bond motifs is 1. The minimum atomic E-state index is -0.415. The van der Waals surface area contributed by atoms with Gasteiger partial charge in [-0.3, -0.25) is 14.0 Å². The molecule has 7 nitrogen and oxygen atoms in total. The van der Waals surface area contributed by atoms with Crippen molar-refractivity contribution in [2.75, 3.05) is 18.4 Å². The van der Waals surface area contributed by atoms with Crippen LogP contribution in [0.4, 0.5) is 5.69 Å². The molecule has 2 aromatic heterocycles. The SMILES string of the molecule is CCN(CC)C(=O)c1nc(C(=O)Nc2ccc(C#N)cc2)c2ccccn12. The number of imidazole rings is 1. The quantitative estimate of drug-likeness (QED) is 0.756. The van der Waals surface area contributed by atoms with Crippen LogP contribution in [-0.2, 0) is 0 Å². The topological polar surface area (TPSA) is 90.5 Å². The lowest BCUT2D eigenvalue weighted by atomic mass is 10.2. The summed E-state index contributed by atoms with van der Waals surface area (Å²) in [5, 5.41) is 11.6. The molecule has 0 aliphatic rings. The molecule has 1 aromatic carbocycles. The third-order valence-corrected chi connectivity index (χ3v) is 4.28. The fourth-order valence-electron chi connectivity index (χ4n) is 2.83. The number of pyridine rings is 1. The molecule has 2 amide bonds. The highest BCUT2D eigenvalue weighted by atomic mass is 16.2. The molecular formula is C20H19N5O2. The normalized spacial score (nSPS) is 10.4. The predicted octanol–water partition coefficient (Wildman–Crippen LogP) is 2.94. The van der Waals surface area contributed by atoms with Crippen LogP contribution in [0.3, 0.4) is 0 Å². The number of hydrogen-bond acceptors (Lipinski definition) is 4. The van der Waals surface area contributed by atoms with Gasteiger partial charge in [0.15, 0.2) is 5.69 Å². The molecule has 7 heteroatoms. The molecule has 1 N–H and O–H groups in total. The maximum atomic E-state index is 12.8. The predicted molar refractivity (Wildman–Crippen MR) is 102 cm³/mol. The molecule has 0 aliphatic heterocycles. The molecule has 0 unspecified atom stereocenters. The van der Waals surface area contributed by atoms with Gasteiger partial charge in [-0.1, -0.05) is 6.07 Å². The van der Waals surface area contributed by atoms with Crippen molar-refractivity contribution in [1.82, 2.24) is 14.3 Å². The van der Waals surface area contributed by atoms with E-state index in [9.17, 15) is 9.59 Å². The van der Waals surface area contributed by atoms with E-state index in [1.54, 1.807) is 58.0 Å². The number of carbonyl (C=O) groups excluding carboxylic acids is 2. The zero-order chi connectivity index (χ0) is 19.4. The molecule has 0 atom stereocenters. The van der Waals surface area contributed by atoms with Crippen LogP contribution < -0.4 is 5.32 Å². The lowest BCUT2D eigenvalue weighted by Gasteiger charge is -2.17. The van der Waals surface area contributed by atoms with Crippen molar-refractivity contribution in [3.05, 3.63) is 65.7 Å². The zero-order valence-corrected chi connectivity index (χ0v) is 15.1. The number of carbonyl (C=O) groups is 2. The Morgan fingerprint density at radius 3 is 2.48 bits per heavy atom. The molecule has 0 fully saturated rings. The van der Waals surface area contributed by atoms with Crippen molar-refractivity contribution in [3.8, 4) is 6.07 Å². The monoisotopic (exact) mass is 361 g/mol. The third kappa shape index (κ3) is 3.51. The number of nitrogens with zero attached hydrogens (tertiary/aromatic N) is 4. The molecular weight excluding hydrogens is 342 g/mol. The summed E-state index contributed by atoms with van der Waals surface area (Å²) in [7, 11) is 0. The zero-order valence-electron chi connectivity index (χ0n) is 15.1. The Morgan fingerprint density at radius 2 is 1.85 bits per heavy atom. The molecule has 0 aliphatic carbocycles. The molecule has 0 bridgehead atoms. The summed E-state index contributed by atoms with van der Waals surface area (Å²) < 4.78 is 1.63. The van der Waals surface area contributed by atoms with Gasteiger partial charge in [0.25, 0.3) is 11.8 Å².